The van der Waals surface area contributed by atoms with Gasteiger partial charge in [-0.3, -0.25) is 0 Å². The third-order valence-corrected chi connectivity index (χ3v) is 4.13. The van der Waals surface area contributed by atoms with Crippen molar-refractivity contribution < 1.29 is 5.11 Å². The highest BCUT2D eigenvalue weighted by Gasteiger charge is 2.24. The van der Waals surface area contributed by atoms with Crippen LogP contribution in [-0.2, 0) is 0 Å². The van der Waals surface area contributed by atoms with Gasteiger partial charge in [0.05, 0.1) is 6.10 Å². The lowest BCUT2D eigenvalue weighted by Crippen LogP contribution is -2.17. The number of nitrogen functional groups attached to an aromatic ring is 1. The van der Waals surface area contributed by atoms with Crippen LogP contribution in [0.4, 0.5) is 5.82 Å². The van der Waals surface area contributed by atoms with Crippen molar-refractivity contribution >= 4 is 5.82 Å². The first kappa shape index (κ1) is 13.3. The SMILES string of the molecule is Cc1ccnc(N)c1C(O)C1CCCCCCC1. The zero-order valence-electron chi connectivity index (χ0n) is 11.2. The Labute approximate surface area is 109 Å². The molecule has 1 aliphatic rings. The second-order valence-electron chi connectivity index (χ2n) is 5.48. The second kappa shape index (κ2) is 6.19. The lowest BCUT2D eigenvalue weighted by molar-refractivity contribution is 0.0911. The summed E-state index contributed by atoms with van der Waals surface area (Å²) in [5.41, 5.74) is 7.83. The minimum atomic E-state index is -0.447. The van der Waals surface area contributed by atoms with Gasteiger partial charge in [-0.15, -0.1) is 0 Å². The van der Waals surface area contributed by atoms with E-state index in [4.69, 9.17) is 5.73 Å². The molecule has 1 aromatic heterocycles. The number of anilines is 1. The Hall–Kier alpha value is -1.09. The lowest BCUT2D eigenvalue weighted by atomic mass is 9.83. The molecule has 1 unspecified atom stereocenters. The second-order valence-corrected chi connectivity index (χ2v) is 5.48. The Morgan fingerprint density at radius 2 is 1.83 bits per heavy atom. The van der Waals surface area contributed by atoms with E-state index in [-0.39, 0.29) is 0 Å². The van der Waals surface area contributed by atoms with Crippen LogP contribution in [0.25, 0.3) is 0 Å². The van der Waals surface area contributed by atoms with Gasteiger partial charge < -0.3 is 10.8 Å². The minimum absolute atomic E-state index is 0.343. The molecule has 0 saturated heterocycles. The van der Waals surface area contributed by atoms with Crippen LogP contribution in [0, 0.1) is 12.8 Å². The summed E-state index contributed by atoms with van der Waals surface area (Å²) < 4.78 is 0. The minimum Gasteiger partial charge on any atom is -0.388 e. The molecule has 1 heterocycles. The predicted octanol–water partition coefficient (Wildman–Crippen LogP) is 3.37. The maximum absolute atomic E-state index is 10.6. The smallest absolute Gasteiger partial charge is 0.129 e. The average Bonchev–Trinajstić information content (AvgIpc) is 2.27. The number of aryl methyl sites for hydroxylation is 1. The van der Waals surface area contributed by atoms with E-state index in [0.29, 0.717) is 11.7 Å². The molecule has 1 aromatic rings. The largest absolute Gasteiger partial charge is 0.388 e. The molecule has 0 radical (unpaired) electrons. The number of aromatic nitrogens is 1. The first-order valence-electron chi connectivity index (χ1n) is 7.09. The molecule has 1 saturated carbocycles. The summed E-state index contributed by atoms with van der Waals surface area (Å²) in [5, 5.41) is 10.6. The van der Waals surface area contributed by atoms with E-state index in [0.717, 1.165) is 24.0 Å². The fraction of sp³-hybridized carbons (Fsp3) is 0.667. The van der Waals surface area contributed by atoms with Crippen LogP contribution in [0.3, 0.4) is 0 Å². The van der Waals surface area contributed by atoms with Gasteiger partial charge in [-0.25, -0.2) is 4.98 Å². The summed E-state index contributed by atoms with van der Waals surface area (Å²) >= 11 is 0. The van der Waals surface area contributed by atoms with Crippen molar-refractivity contribution in [2.75, 3.05) is 5.73 Å². The van der Waals surface area contributed by atoms with Crippen LogP contribution in [-0.4, -0.2) is 10.1 Å². The van der Waals surface area contributed by atoms with Crippen molar-refractivity contribution in [3.05, 3.63) is 23.4 Å². The molecule has 0 spiro atoms. The van der Waals surface area contributed by atoms with E-state index in [1.54, 1.807) is 6.20 Å². The van der Waals surface area contributed by atoms with Crippen molar-refractivity contribution in [3.63, 3.8) is 0 Å². The molecule has 3 N–H and O–H groups in total. The van der Waals surface area contributed by atoms with Gasteiger partial charge in [0, 0.05) is 11.8 Å². The molecule has 1 fully saturated rings. The van der Waals surface area contributed by atoms with Crippen LogP contribution in [0.5, 0.6) is 0 Å². The number of aliphatic hydroxyl groups is 1. The van der Waals surface area contributed by atoms with Crippen LogP contribution in [0.2, 0.25) is 0 Å². The zero-order valence-corrected chi connectivity index (χ0v) is 11.2. The highest BCUT2D eigenvalue weighted by Crippen LogP contribution is 2.35. The Bertz CT molecular complexity index is 364. The highest BCUT2D eigenvalue weighted by atomic mass is 16.3. The number of rotatable bonds is 2. The normalized spacial score (nSPS) is 20.1. The van der Waals surface area contributed by atoms with Crippen LogP contribution in [0.15, 0.2) is 12.3 Å². The molecule has 1 aliphatic carbocycles. The predicted molar refractivity (Wildman–Crippen MR) is 74.2 cm³/mol. The molecule has 0 aliphatic heterocycles. The highest BCUT2D eigenvalue weighted by molar-refractivity contribution is 5.45. The van der Waals surface area contributed by atoms with Gasteiger partial charge >= 0.3 is 0 Å². The van der Waals surface area contributed by atoms with Gasteiger partial charge in [0.15, 0.2) is 0 Å². The maximum atomic E-state index is 10.6. The van der Waals surface area contributed by atoms with Crippen molar-refractivity contribution in [2.24, 2.45) is 5.92 Å². The van der Waals surface area contributed by atoms with E-state index < -0.39 is 6.10 Å². The van der Waals surface area contributed by atoms with Crippen molar-refractivity contribution in [2.45, 2.75) is 58.0 Å². The Morgan fingerprint density at radius 3 is 2.44 bits per heavy atom. The monoisotopic (exact) mass is 248 g/mol. The summed E-state index contributed by atoms with van der Waals surface area (Å²) in [6.45, 7) is 2.00. The number of nitrogens with zero attached hydrogens (tertiary/aromatic N) is 1. The molecule has 0 amide bonds. The number of pyridine rings is 1. The third-order valence-electron chi connectivity index (χ3n) is 4.13. The van der Waals surface area contributed by atoms with E-state index in [2.05, 4.69) is 4.98 Å². The number of aliphatic hydroxyl groups excluding tert-OH is 1. The first-order valence-corrected chi connectivity index (χ1v) is 7.09. The Balaban J connectivity index is 2.15. The Morgan fingerprint density at radius 1 is 1.22 bits per heavy atom. The fourth-order valence-electron chi connectivity index (χ4n) is 3.01. The van der Waals surface area contributed by atoms with Gasteiger partial charge in [-0.05, 0) is 37.3 Å². The van der Waals surface area contributed by atoms with Crippen LogP contribution < -0.4 is 5.73 Å². The molecule has 3 nitrogen and oxygen atoms in total. The molecule has 18 heavy (non-hydrogen) atoms. The standard InChI is InChI=1S/C15H24N2O/c1-11-9-10-17-15(16)13(11)14(18)12-7-5-3-2-4-6-8-12/h9-10,12,14,18H,2-8H2,1H3,(H2,16,17). The van der Waals surface area contributed by atoms with Gasteiger partial charge in [0.1, 0.15) is 5.82 Å². The van der Waals surface area contributed by atoms with E-state index in [1.165, 1.54) is 32.1 Å². The number of hydrogen-bond donors (Lipinski definition) is 2. The fourth-order valence-corrected chi connectivity index (χ4v) is 3.01. The van der Waals surface area contributed by atoms with E-state index >= 15 is 0 Å². The quantitative estimate of drug-likeness (QED) is 0.843. The first-order chi connectivity index (χ1) is 8.70. The van der Waals surface area contributed by atoms with Crippen LogP contribution in [0.1, 0.15) is 62.2 Å². The third kappa shape index (κ3) is 3.02. The van der Waals surface area contributed by atoms with Crippen molar-refractivity contribution in [1.29, 1.82) is 0 Å². The summed E-state index contributed by atoms with van der Waals surface area (Å²) in [7, 11) is 0. The van der Waals surface area contributed by atoms with Crippen molar-refractivity contribution in [1.82, 2.24) is 4.98 Å². The molecule has 0 bridgehead atoms. The summed E-state index contributed by atoms with van der Waals surface area (Å²) in [5.74, 6) is 0.833. The van der Waals surface area contributed by atoms with Gasteiger partial charge in [-0.2, -0.15) is 0 Å². The molecule has 1 atom stereocenters. The summed E-state index contributed by atoms with van der Waals surface area (Å²) in [4.78, 5) is 4.12. The molecule has 2 rings (SSSR count). The zero-order chi connectivity index (χ0) is 13.0. The van der Waals surface area contributed by atoms with Gasteiger partial charge in [-0.1, -0.05) is 32.1 Å². The van der Waals surface area contributed by atoms with Crippen molar-refractivity contribution in [3.8, 4) is 0 Å². The van der Waals surface area contributed by atoms with Gasteiger partial charge in [0.2, 0.25) is 0 Å². The van der Waals surface area contributed by atoms with Crippen LogP contribution >= 0.6 is 0 Å². The average molecular weight is 248 g/mol. The van der Waals surface area contributed by atoms with E-state index in [9.17, 15) is 5.11 Å². The summed E-state index contributed by atoms with van der Waals surface area (Å²) in [6, 6.07) is 1.93. The molecule has 0 aromatic carbocycles. The molecular formula is C15H24N2O. The summed E-state index contributed by atoms with van der Waals surface area (Å²) in [6.07, 6.45) is 9.86. The van der Waals surface area contributed by atoms with Gasteiger partial charge in [0.25, 0.3) is 0 Å². The molecule has 100 valence electrons. The lowest BCUT2D eigenvalue weighted by Gasteiger charge is -2.26. The number of hydrogen-bond acceptors (Lipinski definition) is 3. The van der Waals surface area contributed by atoms with E-state index in [1.807, 2.05) is 13.0 Å². The maximum Gasteiger partial charge on any atom is 0.129 e. The molecular weight excluding hydrogens is 224 g/mol. The number of nitrogens with two attached hydrogens (primary N) is 1. The topological polar surface area (TPSA) is 59.1 Å². The Kier molecular flexibility index (Phi) is 4.59. The molecule has 3 heteroatoms.